The Hall–Kier alpha value is -2.41. The van der Waals surface area contributed by atoms with E-state index in [0.29, 0.717) is 5.56 Å². The third-order valence-corrected chi connectivity index (χ3v) is 2.53. The zero-order valence-corrected chi connectivity index (χ0v) is 10.9. The van der Waals surface area contributed by atoms with Gasteiger partial charge in [0.05, 0.1) is 0 Å². The van der Waals surface area contributed by atoms with Crippen LogP contribution in [0.5, 0.6) is 0 Å². The van der Waals surface area contributed by atoms with Crippen molar-refractivity contribution in [1.82, 2.24) is 4.90 Å². The third kappa shape index (κ3) is 4.36. The molecule has 20 heavy (non-hydrogen) atoms. The highest BCUT2D eigenvalue weighted by atomic mass is 16.5. The van der Waals surface area contributed by atoms with E-state index in [1.54, 1.807) is 30.3 Å². The molecule has 0 aliphatic rings. The zero-order chi connectivity index (χ0) is 15.1. The highest BCUT2D eigenvalue weighted by molar-refractivity contribution is 5.88. The van der Waals surface area contributed by atoms with Crippen LogP contribution in [0.3, 0.4) is 0 Å². The zero-order valence-electron chi connectivity index (χ0n) is 10.9. The fraction of sp³-hybridized carbons (Fsp3) is 0.308. The van der Waals surface area contributed by atoms with Crippen LogP contribution < -0.4 is 0 Å². The Kier molecular flexibility index (Phi) is 5.67. The molecule has 0 aromatic heterocycles. The number of carboxylic acid groups (broad SMARTS) is 2. The minimum absolute atomic E-state index is 0.528. The molecule has 0 saturated heterocycles. The van der Waals surface area contributed by atoms with E-state index in [1.165, 1.54) is 7.11 Å². The number of hydrogen-bond donors (Lipinski definition) is 2. The van der Waals surface area contributed by atoms with Crippen LogP contribution in [0.25, 0.3) is 0 Å². The van der Waals surface area contributed by atoms with Gasteiger partial charge in [0.25, 0.3) is 5.91 Å². The van der Waals surface area contributed by atoms with Gasteiger partial charge in [0.1, 0.15) is 13.1 Å². The van der Waals surface area contributed by atoms with E-state index in [0.717, 1.165) is 4.90 Å². The van der Waals surface area contributed by atoms with Gasteiger partial charge in [0.15, 0.2) is 6.10 Å². The van der Waals surface area contributed by atoms with Gasteiger partial charge in [-0.05, 0) is 5.56 Å². The van der Waals surface area contributed by atoms with Crippen LogP contribution in [0.4, 0.5) is 0 Å². The van der Waals surface area contributed by atoms with E-state index >= 15 is 0 Å². The monoisotopic (exact) mass is 281 g/mol. The summed E-state index contributed by atoms with van der Waals surface area (Å²) in [5.41, 5.74) is 0.528. The average molecular weight is 281 g/mol. The number of benzene rings is 1. The normalized spacial score (nSPS) is 11.7. The lowest BCUT2D eigenvalue weighted by Gasteiger charge is -2.24. The van der Waals surface area contributed by atoms with E-state index in [4.69, 9.17) is 14.9 Å². The molecule has 0 aliphatic carbocycles. The van der Waals surface area contributed by atoms with E-state index in [2.05, 4.69) is 0 Å². The van der Waals surface area contributed by atoms with Crippen molar-refractivity contribution >= 4 is 17.8 Å². The molecule has 1 aromatic carbocycles. The van der Waals surface area contributed by atoms with Crippen molar-refractivity contribution in [2.24, 2.45) is 0 Å². The van der Waals surface area contributed by atoms with Crippen molar-refractivity contribution < 1.29 is 29.3 Å². The molecule has 7 nitrogen and oxygen atoms in total. The Bertz CT molecular complexity index is 471. The topological polar surface area (TPSA) is 104 Å². The number of carboxylic acids is 2. The first-order valence-electron chi connectivity index (χ1n) is 5.75. The molecule has 1 atom stereocenters. The lowest BCUT2D eigenvalue weighted by molar-refractivity contribution is -0.154. The molecule has 0 fully saturated rings. The van der Waals surface area contributed by atoms with Crippen LogP contribution in [-0.4, -0.2) is 53.2 Å². The second kappa shape index (κ2) is 7.25. The molecule has 0 saturated carbocycles. The smallest absolute Gasteiger partial charge is 0.323 e. The molecule has 1 unspecified atom stereocenters. The lowest BCUT2D eigenvalue weighted by Crippen LogP contribution is -2.42. The van der Waals surface area contributed by atoms with Gasteiger partial charge < -0.3 is 19.8 Å². The first-order valence-corrected chi connectivity index (χ1v) is 5.75. The summed E-state index contributed by atoms with van der Waals surface area (Å²) in [6.45, 7) is -1.39. The molecule has 0 aliphatic heterocycles. The van der Waals surface area contributed by atoms with Crippen molar-refractivity contribution in [1.29, 1.82) is 0 Å². The number of carbonyl (C=O) groups is 3. The average Bonchev–Trinajstić information content (AvgIpc) is 2.39. The van der Waals surface area contributed by atoms with E-state index in [-0.39, 0.29) is 0 Å². The summed E-state index contributed by atoms with van der Waals surface area (Å²) < 4.78 is 5.07. The Labute approximate surface area is 115 Å². The maximum Gasteiger partial charge on any atom is 0.323 e. The van der Waals surface area contributed by atoms with Gasteiger partial charge in [-0.15, -0.1) is 0 Å². The highest BCUT2D eigenvalue weighted by Crippen LogP contribution is 2.19. The predicted octanol–water partition coefficient (Wildman–Crippen LogP) is 0.372. The van der Waals surface area contributed by atoms with Crippen molar-refractivity contribution in [3.05, 3.63) is 35.9 Å². The minimum atomic E-state index is -1.29. The van der Waals surface area contributed by atoms with Crippen LogP contribution in [0.15, 0.2) is 30.3 Å². The first-order chi connectivity index (χ1) is 9.45. The summed E-state index contributed by atoms with van der Waals surface area (Å²) in [4.78, 5) is 34.4. The summed E-state index contributed by atoms with van der Waals surface area (Å²) in [6.07, 6.45) is -1.03. The molecular weight excluding hydrogens is 266 g/mol. The Morgan fingerprint density at radius 2 is 1.60 bits per heavy atom. The van der Waals surface area contributed by atoms with Gasteiger partial charge in [-0.25, -0.2) is 0 Å². The fourth-order valence-corrected chi connectivity index (χ4v) is 1.71. The molecule has 1 amide bonds. The van der Waals surface area contributed by atoms with Gasteiger partial charge in [-0.1, -0.05) is 30.3 Å². The number of aliphatic carboxylic acids is 2. The molecular formula is C13H15NO6. The summed E-state index contributed by atoms with van der Waals surface area (Å²) >= 11 is 0. The van der Waals surface area contributed by atoms with Crippen molar-refractivity contribution in [2.45, 2.75) is 6.10 Å². The van der Waals surface area contributed by atoms with Crippen LogP contribution in [0.1, 0.15) is 11.7 Å². The highest BCUT2D eigenvalue weighted by Gasteiger charge is 2.28. The second-order valence-corrected chi connectivity index (χ2v) is 4.01. The second-order valence-electron chi connectivity index (χ2n) is 4.01. The largest absolute Gasteiger partial charge is 0.480 e. The first kappa shape index (κ1) is 15.6. The third-order valence-electron chi connectivity index (χ3n) is 2.53. The molecule has 1 rings (SSSR count). The summed E-state index contributed by atoms with van der Waals surface area (Å²) in [7, 11) is 1.30. The van der Waals surface area contributed by atoms with Gasteiger partial charge in [-0.2, -0.15) is 0 Å². The predicted molar refractivity (Wildman–Crippen MR) is 68.0 cm³/mol. The molecule has 0 heterocycles. The van der Waals surface area contributed by atoms with Gasteiger partial charge in [-0.3, -0.25) is 14.4 Å². The summed E-state index contributed by atoms with van der Waals surface area (Å²) in [6, 6.07) is 8.45. The molecule has 0 spiro atoms. The molecule has 0 radical (unpaired) electrons. The maximum atomic E-state index is 12.2. The number of ether oxygens (including phenoxy) is 1. The maximum absolute atomic E-state index is 12.2. The molecule has 0 bridgehead atoms. The standard InChI is InChI=1S/C13H15NO6/c1-20-12(9-5-3-2-4-6-9)13(19)14(7-10(15)16)8-11(17)18/h2-6,12H,7-8H2,1H3,(H,15,16)(H,17,18). The number of nitrogens with zero attached hydrogens (tertiary/aromatic N) is 1. The fourth-order valence-electron chi connectivity index (χ4n) is 1.71. The van der Waals surface area contributed by atoms with Gasteiger partial charge in [0.2, 0.25) is 0 Å². The van der Waals surface area contributed by atoms with Crippen LogP contribution >= 0.6 is 0 Å². The Morgan fingerprint density at radius 3 is 2.00 bits per heavy atom. The van der Waals surface area contributed by atoms with E-state index < -0.39 is 37.0 Å². The van der Waals surface area contributed by atoms with Crippen molar-refractivity contribution in [3.63, 3.8) is 0 Å². The lowest BCUT2D eigenvalue weighted by atomic mass is 10.1. The summed E-state index contributed by atoms with van der Waals surface area (Å²) in [5, 5.41) is 17.5. The number of amides is 1. The summed E-state index contributed by atoms with van der Waals surface area (Å²) in [5.74, 6) is -3.28. The molecule has 7 heteroatoms. The van der Waals surface area contributed by atoms with Crippen LogP contribution in [-0.2, 0) is 19.1 Å². The van der Waals surface area contributed by atoms with Crippen molar-refractivity contribution in [2.75, 3.05) is 20.2 Å². The minimum Gasteiger partial charge on any atom is -0.480 e. The SMILES string of the molecule is COC(C(=O)N(CC(=O)O)CC(=O)O)c1ccccc1. The number of carbonyl (C=O) groups excluding carboxylic acids is 1. The van der Waals surface area contributed by atoms with E-state index in [9.17, 15) is 14.4 Å². The number of methoxy groups -OCH3 is 1. The van der Waals surface area contributed by atoms with Gasteiger partial charge >= 0.3 is 11.9 Å². The van der Waals surface area contributed by atoms with Crippen molar-refractivity contribution in [3.8, 4) is 0 Å². The van der Waals surface area contributed by atoms with Crippen LogP contribution in [0.2, 0.25) is 0 Å². The number of hydrogen-bond acceptors (Lipinski definition) is 4. The quantitative estimate of drug-likeness (QED) is 0.748. The van der Waals surface area contributed by atoms with E-state index in [1.807, 2.05) is 0 Å². The van der Waals surface area contributed by atoms with Gasteiger partial charge in [0, 0.05) is 7.11 Å². The number of rotatable bonds is 7. The Morgan fingerprint density at radius 1 is 1.10 bits per heavy atom. The molecule has 1 aromatic rings. The van der Waals surface area contributed by atoms with Crippen LogP contribution in [0, 0.1) is 0 Å². The molecule has 2 N–H and O–H groups in total. The Balaban J connectivity index is 2.96. The molecule has 108 valence electrons.